The number of hydrogen-bond donors (Lipinski definition) is 1. The summed E-state index contributed by atoms with van der Waals surface area (Å²) in [6.45, 7) is 0. The molecule has 80 valence electrons. The highest BCUT2D eigenvalue weighted by Crippen LogP contribution is 2.34. The molecule has 3 heteroatoms. The number of aliphatic carboxylic acids is 1. The molecule has 1 aromatic rings. The highest BCUT2D eigenvalue weighted by molar-refractivity contribution is 5.97. The van der Waals surface area contributed by atoms with Gasteiger partial charge in [0, 0.05) is 5.57 Å². The molecule has 0 aliphatic heterocycles. The molecule has 3 nitrogen and oxygen atoms in total. The Bertz CT molecular complexity index is 509. The average Bonchev–Trinajstić information content (AvgIpc) is 2.78. The van der Waals surface area contributed by atoms with Crippen LogP contribution in [0.25, 0.3) is 5.57 Å². The van der Waals surface area contributed by atoms with Crippen molar-refractivity contribution in [3.8, 4) is 6.07 Å². The van der Waals surface area contributed by atoms with Gasteiger partial charge >= 0.3 is 5.97 Å². The summed E-state index contributed by atoms with van der Waals surface area (Å²) in [4.78, 5) is 11.0. The first-order chi connectivity index (χ1) is 7.72. The highest BCUT2D eigenvalue weighted by Gasteiger charge is 2.21. The summed E-state index contributed by atoms with van der Waals surface area (Å²) in [7, 11) is 0. The van der Waals surface area contributed by atoms with Crippen molar-refractivity contribution in [3.05, 3.63) is 41.0 Å². The van der Waals surface area contributed by atoms with E-state index in [9.17, 15) is 4.79 Å². The van der Waals surface area contributed by atoms with Gasteiger partial charge in [-0.1, -0.05) is 12.1 Å². The number of rotatable bonds is 2. The number of carboxylic acids is 1. The zero-order valence-electron chi connectivity index (χ0n) is 8.73. The molecular weight excluding hydrogens is 202 g/mol. The predicted molar refractivity (Wildman–Crippen MR) is 59.6 cm³/mol. The van der Waals surface area contributed by atoms with Crippen molar-refractivity contribution in [2.45, 2.75) is 19.3 Å². The third kappa shape index (κ3) is 1.82. The van der Waals surface area contributed by atoms with Gasteiger partial charge in [-0.2, -0.15) is 5.26 Å². The molecule has 16 heavy (non-hydrogen) atoms. The lowest BCUT2D eigenvalue weighted by atomic mass is 10.0. The lowest BCUT2D eigenvalue weighted by Gasteiger charge is -2.04. The molecule has 0 aromatic heterocycles. The second-order valence-electron chi connectivity index (χ2n) is 3.81. The first-order valence-electron chi connectivity index (χ1n) is 5.18. The smallest absolute Gasteiger partial charge is 0.331 e. The molecule has 0 spiro atoms. The highest BCUT2D eigenvalue weighted by atomic mass is 16.4. The standard InChI is InChI=1S/C13H11NO2/c14-8-9-3-1-4-10(7-9)11-5-2-6-12(11)13(15)16/h1,3-4,7H,2,5-6H2,(H,15,16). The van der Waals surface area contributed by atoms with Crippen LogP contribution in [0.3, 0.4) is 0 Å². The van der Waals surface area contributed by atoms with Gasteiger partial charge in [0.1, 0.15) is 0 Å². The van der Waals surface area contributed by atoms with Crippen LogP contribution in [0.5, 0.6) is 0 Å². The largest absolute Gasteiger partial charge is 0.478 e. The minimum Gasteiger partial charge on any atom is -0.478 e. The maximum Gasteiger partial charge on any atom is 0.331 e. The fourth-order valence-electron chi connectivity index (χ4n) is 2.07. The third-order valence-corrected chi connectivity index (χ3v) is 2.82. The average molecular weight is 213 g/mol. The van der Waals surface area contributed by atoms with Crippen LogP contribution < -0.4 is 0 Å². The lowest BCUT2D eigenvalue weighted by Crippen LogP contribution is -1.99. The zero-order chi connectivity index (χ0) is 11.5. The number of hydrogen-bond acceptors (Lipinski definition) is 2. The Hall–Kier alpha value is -2.08. The van der Waals surface area contributed by atoms with Gasteiger partial charge in [0.25, 0.3) is 0 Å². The van der Waals surface area contributed by atoms with E-state index in [4.69, 9.17) is 10.4 Å². The van der Waals surface area contributed by atoms with Crippen molar-refractivity contribution in [2.24, 2.45) is 0 Å². The first-order valence-corrected chi connectivity index (χ1v) is 5.18. The Balaban J connectivity index is 2.48. The molecule has 1 aliphatic rings. The summed E-state index contributed by atoms with van der Waals surface area (Å²) in [5.41, 5.74) is 2.82. The summed E-state index contributed by atoms with van der Waals surface area (Å²) in [5.74, 6) is -0.838. The molecule has 0 fully saturated rings. The maximum absolute atomic E-state index is 11.0. The second kappa shape index (κ2) is 4.19. The van der Waals surface area contributed by atoms with Gasteiger partial charge in [-0.3, -0.25) is 0 Å². The van der Waals surface area contributed by atoms with Crippen molar-refractivity contribution >= 4 is 11.5 Å². The number of allylic oxidation sites excluding steroid dienone is 1. The summed E-state index contributed by atoms with van der Waals surface area (Å²) in [6, 6.07) is 9.20. The minimum absolute atomic E-state index is 0.495. The van der Waals surface area contributed by atoms with Gasteiger partial charge in [0.2, 0.25) is 0 Å². The summed E-state index contributed by atoms with van der Waals surface area (Å²) in [5, 5.41) is 17.8. The van der Waals surface area contributed by atoms with Crippen LogP contribution in [-0.4, -0.2) is 11.1 Å². The van der Waals surface area contributed by atoms with Crippen LogP contribution in [0.2, 0.25) is 0 Å². The normalized spacial score (nSPS) is 14.9. The molecule has 0 saturated carbocycles. The van der Waals surface area contributed by atoms with Crippen molar-refractivity contribution in [3.63, 3.8) is 0 Å². The van der Waals surface area contributed by atoms with Crippen molar-refractivity contribution in [1.82, 2.24) is 0 Å². The molecule has 0 bridgehead atoms. The molecule has 0 atom stereocenters. The molecule has 2 rings (SSSR count). The van der Waals surface area contributed by atoms with Crippen LogP contribution >= 0.6 is 0 Å². The van der Waals surface area contributed by atoms with Gasteiger partial charge in [0.15, 0.2) is 0 Å². The third-order valence-electron chi connectivity index (χ3n) is 2.82. The molecule has 0 unspecified atom stereocenters. The molecule has 1 aromatic carbocycles. The Labute approximate surface area is 93.6 Å². The van der Waals surface area contributed by atoms with Crippen molar-refractivity contribution < 1.29 is 9.90 Å². The number of carboxylic acid groups (broad SMARTS) is 1. The van der Waals surface area contributed by atoms with E-state index in [0.717, 1.165) is 24.0 Å². The van der Waals surface area contributed by atoms with E-state index in [2.05, 4.69) is 6.07 Å². The minimum atomic E-state index is -0.838. The number of benzene rings is 1. The van der Waals surface area contributed by atoms with Crippen LogP contribution in [0.15, 0.2) is 29.8 Å². The Kier molecular flexibility index (Phi) is 2.74. The molecule has 1 N–H and O–H groups in total. The van der Waals surface area contributed by atoms with Crippen molar-refractivity contribution in [2.75, 3.05) is 0 Å². The molecular formula is C13H11NO2. The fourth-order valence-corrected chi connectivity index (χ4v) is 2.07. The molecule has 0 saturated heterocycles. The fraction of sp³-hybridized carbons (Fsp3) is 0.231. The van der Waals surface area contributed by atoms with Gasteiger partial charge < -0.3 is 5.11 Å². The second-order valence-corrected chi connectivity index (χ2v) is 3.81. The van der Waals surface area contributed by atoms with E-state index >= 15 is 0 Å². The zero-order valence-corrected chi connectivity index (χ0v) is 8.73. The van der Waals surface area contributed by atoms with Gasteiger partial charge in [-0.15, -0.1) is 0 Å². The number of carbonyl (C=O) groups is 1. The quantitative estimate of drug-likeness (QED) is 0.821. The van der Waals surface area contributed by atoms with Crippen LogP contribution in [0.4, 0.5) is 0 Å². The maximum atomic E-state index is 11.0. The van der Waals surface area contributed by atoms with Crippen molar-refractivity contribution in [1.29, 1.82) is 5.26 Å². The Morgan fingerprint density at radius 2 is 2.19 bits per heavy atom. The van der Waals surface area contributed by atoms with E-state index in [1.54, 1.807) is 18.2 Å². The van der Waals surface area contributed by atoms with E-state index in [1.807, 2.05) is 6.07 Å². The van der Waals surface area contributed by atoms with E-state index in [-0.39, 0.29) is 0 Å². The van der Waals surface area contributed by atoms with Gasteiger partial charge in [-0.25, -0.2) is 4.79 Å². The van der Waals surface area contributed by atoms with Gasteiger partial charge in [0.05, 0.1) is 11.6 Å². The predicted octanol–water partition coefficient (Wildman–Crippen LogP) is 2.58. The number of nitriles is 1. The SMILES string of the molecule is N#Cc1cccc(C2=C(C(=O)O)CCC2)c1. The van der Waals surface area contributed by atoms with Crippen LogP contribution in [-0.2, 0) is 4.79 Å². The monoisotopic (exact) mass is 213 g/mol. The van der Waals surface area contributed by atoms with Gasteiger partial charge in [-0.05, 0) is 42.5 Å². The summed E-state index contributed by atoms with van der Waals surface area (Å²) in [6.07, 6.45) is 2.30. The topological polar surface area (TPSA) is 61.1 Å². The molecule has 0 amide bonds. The van der Waals surface area contributed by atoms with Crippen LogP contribution in [0, 0.1) is 11.3 Å². The lowest BCUT2D eigenvalue weighted by molar-refractivity contribution is -0.132. The molecule has 1 aliphatic carbocycles. The Morgan fingerprint density at radius 1 is 1.38 bits per heavy atom. The summed E-state index contributed by atoms with van der Waals surface area (Å²) < 4.78 is 0. The number of nitrogens with zero attached hydrogens (tertiary/aromatic N) is 1. The molecule has 0 heterocycles. The van der Waals surface area contributed by atoms with Crippen LogP contribution in [0.1, 0.15) is 30.4 Å². The van der Waals surface area contributed by atoms with E-state index in [0.29, 0.717) is 17.6 Å². The van der Waals surface area contributed by atoms with E-state index < -0.39 is 5.97 Å². The molecule has 0 radical (unpaired) electrons. The Morgan fingerprint density at radius 3 is 2.88 bits per heavy atom. The first kappa shape index (κ1) is 10.4. The summed E-state index contributed by atoms with van der Waals surface area (Å²) >= 11 is 0. The van der Waals surface area contributed by atoms with E-state index in [1.165, 1.54) is 0 Å².